The molecule has 3 N–H and O–H groups in total. The number of hydrogen-bond donors (Lipinski definition) is 3. The fraction of sp³-hybridized carbons (Fsp3) is 0.625. The van der Waals surface area contributed by atoms with Crippen LogP contribution in [0.3, 0.4) is 0 Å². The van der Waals surface area contributed by atoms with Gasteiger partial charge in [0.25, 0.3) is 0 Å². The summed E-state index contributed by atoms with van der Waals surface area (Å²) in [4.78, 5) is 0. The van der Waals surface area contributed by atoms with Crippen LogP contribution in [-0.4, -0.2) is 33.6 Å². The van der Waals surface area contributed by atoms with Crippen molar-refractivity contribution >= 4 is 12.0 Å². The normalized spacial score (nSPS) is 16.3. The topological polar surface area (TPSA) is 52.5 Å². The predicted molar refractivity (Wildman–Crippen MR) is 90.2 cm³/mol. The predicted octanol–water partition coefficient (Wildman–Crippen LogP) is 4.08. The van der Waals surface area contributed by atoms with E-state index in [2.05, 4.69) is 5.32 Å². The molecule has 0 aromatic carbocycles. The number of allylic oxidation sites excluding steroid dienone is 5. The van der Waals surface area contributed by atoms with Gasteiger partial charge in [-0.2, -0.15) is 0 Å². The summed E-state index contributed by atoms with van der Waals surface area (Å²) in [6.45, 7) is 8.36. The van der Waals surface area contributed by atoms with Gasteiger partial charge in [0, 0.05) is 11.3 Å². The molecule has 0 heterocycles. The molecule has 0 aromatic rings. The quantitative estimate of drug-likeness (QED) is 0.489. The number of aliphatic hydroxyl groups is 1. The zero-order chi connectivity index (χ0) is 16.3. The first kappa shape index (κ1) is 20.4. The van der Waals surface area contributed by atoms with Crippen LogP contribution in [0.15, 0.2) is 35.7 Å². The Labute approximate surface area is 132 Å². The van der Waals surface area contributed by atoms with Gasteiger partial charge < -0.3 is 15.0 Å². The molecule has 3 nitrogen and oxygen atoms in total. The van der Waals surface area contributed by atoms with E-state index in [4.69, 9.17) is 4.55 Å². The highest BCUT2D eigenvalue weighted by atomic mass is 32.2. The van der Waals surface area contributed by atoms with Crippen LogP contribution in [0.1, 0.15) is 40.5 Å². The summed E-state index contributed by atoms with van der Waals surface area (Å²) in [6.07, 6.45) is 6.94. The summed E-state index contributed by atoms with van der Waals surface area (Å²) in [6, 6.07) is 0. The van der Waals surface area contributed by atoms with E-state index in [1.807, 2.05) is 33.8 Å². The van der Waals surface area contributed by atoms with Gasteiger partial charge in [-0.1, -0.05) is 32.1 Å². The SMILES string of the molecule is CC.CC(C)(NCCCSO)C(O)C1=C(F)C=CC=CC1. The molecule has 0 saturated heterocycles. The van der Waals surface area contributed by atoms with Crippen LogP contribution in [0.5, 0.6) is 0 Å². The van der Waals surface area contributed by atoms with Gasteiger partial charge in [-0.15, -0.1) is 0 Å². The summed E-state index contributed by atoms with van der Waals surface area (Å²) >= 11 is 0.802. The zero-order valence-electron chi connectivity index (χ0n) is 13.4. The number of rotatable bonds is 7. The maximum absolute atomic E-state index is 13.9. The van der Waals surface area contributed by atoms with E-state index in [1.165, 1.54) is 6.08 Å². The molecule has 1 atom stereocenters. The van der Waals surface area contributed by atoms with Crippen molar-refractivity contribution in [3.8, 4) is 0 Å². The Hall–Kier alpha value is -0.620. The first-order chi connectivity index (χ1) is 9.99. The molecule has 21 heavy (non-hydrogen) atoms. The molecule has 0 saturated carbocycles. The summed E-state index contributed by atoms with van der Waals surface area (Å²) in [5.41, 5.74) is -0.210. The first-order valence-electron chi connectivity index (χ1n) is 7.40. The van der Waals surface area contributed by atoms with Gasteiger partial charge in [0.1, 0.15) is 5.83 Å². The third-order valence-electron chi connectivity index (χ3n) is 3.14. The van der Waals surface area contributed by atoms with Crippen molar-refractivity contribution in [2.45, 2.75) is 52.2 Å². The monoisotopic (exact) mass is 317 g/mol. The molecule has 1 aliphatic carbocycles. The maximum Gasteiger partial charge on any atom is 0.125 e. The van der Waals surface area contributed by atoms with Gasteiger partial charge in [-0.25, -0.2) is 4.39 Å². The van der Waals surface area contributed by atoms with Gasteiger partial charge in [0.15, 0.2) is 0 Å². The minimum Gasteiger partial charge on any atom is -0.387 e. The van der Waals surface area contributed by atoms with E-state index in [1.54, 1.807) is 12.2 Å². The largest absolute Gasteiger partial charge is 0.387 e. The number of hydrogen-bond acceptors (Lipinski definition) is 4. The highest BCUT2D eigenvalue weighted by Gasteiger charge is 2.31. The molecule has 0 amide bonds. The average molecular weight is 317 g/mol. The lowest BCUT2D eigenvalue weighted by molar-refractivity contribution is 0.107. The van der Waals surface area contributed by atoms with E-state index >= 15 is 0 Å². The second-order valence-corrected chi connectivity index (χ2v) is 5.77. The van der Waals surface area contributed by atoms with Gasteiger partial charge in [-0.05, 0) is 56.9 Å². The highest BCUT2D eigenvalue weighted by molar-refractivity contribution is 7.93. The van der Waals surface area contributed by atoms with E-state index in [-0.39, 0.29) is 5.83 Å². The fourth-order valence-corrected chi connectivity index (χ4v) is 2.21. The number of nitrogens with one attached hydrogen (secondary N) is 1. The number of halogens is 1. The third kappa shape index (κ3) is 7.27. The van der Waals surface area contributed by atoms with Crippen LogP contribution >= 0.6 is 12.0 Å². The van der Waals surface area contributed by atoms with Crippen LogP contribution in [0.2, 0.25) is 0 Å². The zero-order valence-corrected chi connectivity index (χ0v) is 14.2. The van der Waals surface area contributed by atoms with Crippen LogP contribution in [0.25, 0.3) is 0 Å². The summed E-state index contributed by atoms with van der Waals surface area (Å²) < 4.78 is 22.5. The Kier molecular flexibility index (Phi) is 10.7. The van der Waals surface area contributed by atoms with Crippen LogP contribution in [-0.2, 0) is 0 Å². The maximum atomic E-state index is 13.9. The molecule has 1 rings (SSSR count). The summed E-state index contributed by atoms with van der Waals surface area (Å²) in [5.74, 6) is 0.278. The number of aliphatic hydroxyl groups excluding tert-OH is 1. The Morgan fingerprint density at radius 3 is 2.67 bits per heavy atom. The van der Waals surface area contributed by atoms with Crippen molar-refractivity contribution < 1.29 is 14.0 Å². The van der Waals surface area contributed by atoms with Gasteiger partial charge in [0.2, 0.25) is 0 Å². The lowest BCUT2D eigenvalue weighted by Crippen LogP contribution is -2.50. The Morgan fingerprint density at radius 2 is 2.05 bits per heavy atom. The van der Waals surface area contributed by atoms with Crippen molar-refractivity contribution in [2.75, 3.05) is 12.3 Å². The van der Waals surface area contributed by atoms with E-state index in [0.29, 0.717) is 24.3 Å². The molecule has 0 radical (unpaired) electrons. The van der Waals surface area contributed by atoms with E-state index < -0.39 is 11.6 Å². The van der Waals surface area contributed by atoms with E-state index in [9.17, 15) is 9.50 Å². The minimum absolute atomic E-state index is 0.363. The second-order valence-electron chi connectivity index (χ2n) is 5.10. The van der Waals surface area contributed by atoms with Gasteiger partial charge in [-0.3, -0.25) is 0 Å². The van der Waals surface area contributed by atoms with Crippen molar-refractivity contribution in [1.82, 2.24) is 5.32 Å². The Morgan fingerprint density at radius 1 is 1.38 bits per heavy atom. The molecule has 0 aliphatic heterocycles. The molecule has 5 heteroatoms. The Bertz CT molecular complexity index is 378. The Balaban J connectivity index is 0.00000191. The molecule has 1 aliphatic rings. The van der Waals surface area contributed by atoms with Crippen LogP contribution in [0, 0.1) is 0 Å². The molecule has 0 bridgehead atoms. The highest BCUT2D eigenvalue weighted by Crippen LogP contribution is 2.26. The van der Waals surface area contributed by atoms with Crippen LogP contribution < -0.4 is 5.32 Å². The first-order valence-corrected chi connectivity index (χ1v) is 8.34. The summed E-state index contributed by atoms with van der Waals surface area (Å²) in [7, 11) is 0. The van der Waals surface area contributed by atoms with E-state index in [0.717, 1.165) is 18.5 Å². The lowest BCUT2D eigenvalue weighted by Gasteiger charge is -2.33. The lowest BCUT2D eigenvalue weighted by atomic mass is 9.89. The molecule has 122 valence electrons. The van der Waals surface area contributed by atoms with Crippen molar-refractivity contribution in [2.24, 2.45) is 0 Å². The van der Waals surface area contributed by atoms with Gasteiger partial charge >= 0.3 is 0 Å². The second kappa shape index (κ2) is 11.0. The molecule has 1 unspecified atom stereocenters. The molecule has 0 spiro atoms. The standard InChI is InChI=1S/C14H22FNO2S.C2H6/c1-14(2,16-9-6-10-19-18)13(17)11-7-4-3-5-8-12(11)15;1-2/h3-5,8,13,16-18H,6-7,9-10H2,1-2H3;1-2H3. The van der Waals surface area contributed by atoms with Crippen molar-refractivity contribution in [1.29, 1.82) is 0 Å². The molecular formula is C16H28FNO2S. The molecule has 0 fully saturated rings. The summed E-state index contributed by atoms with van der Waals surface area (Å²) in [5, 5.41) is 13.6. The van der Waals surface area contributed by atoms with Crippen molar-refractivity contribution in [3.63, 3.8) is 0 Å². The fourth-order valence-electron chi connectivity index (χ4n) is 1.94. The molecule has 0 aromatic heterocycles. The average Bonchev–Trinajstić information content (AvgIpc) is 2.69. The van der Waals surface area contributed by atoms with Gasteiger partial charge in [0.05, 0.1) is 6.10 Å². The minimum atomic E-state index is -0.887. The van der Waals surface area contributed by atoms with Crippen molar-refractivity contribution in [3.05, 3.63) is 35.7 Å². The molecular weight excluding hydrogens is 289 g/mol. The third-order valence-corrected chi connectivity index (χ3v) is 3.61. The van der Waals surface area contributed by atoms with Crippen LogP contribution in [0.4, 0.5) is 4.39 Å². The smallest absolute Gasteiger partial charge is 0.125 e.